The average molecular weight is 192 g/mol. The van der Waals surface area contributed by atoms with Crippen LogP contribution in [-0.4, -0.2) is 18.1 Å². The molecule has 2 N–H and O–H groups in total. The Morgan fingerprint density at radius 3 is 3.14 bits per heavy atom. The summed E-state index contributed by atoms with van der Waals surface area (Å²) in [7, 11) is 1.36. The SMILES string of the molecule is COC(=O)c1cncc2c1C(N)CC2. The van der Waals surface area contributed by atoms with Crippen molar-refractivity contribution in [3.63, 3.8) is 0 Å². The number of pyridine rings is 1. The lowest BCUT2D eigenvalue weighted by molar-refractivity contribution is 0.0598. The van der Waals surface area contributed by atoms with Crippen molar-refractivity contribution < 1.29 is 9.53 Å². The van der Waals surface area contributed by atoms with Crippen LogP contribution < -0.4 is 5.73 Å². The number of hydrogen-bond donors (Lipinski definition) is 1. The van der Waals surface area contributed by atoms with Crippen molar-refractivity contribution in [2.45, 2.75) is 18.9 Å². The van der Waals surface area contributed by atoms with E-state index in [-0.39, 0.29) is 12.0 Å². The van der Waals surface area contributed by atoms with Crippen LogP contribution in [0.1, 0.15) is 33.9 Å². The van der Waals surface area contributed by atoms with E-state index >= 15 is 0 Å². The van der Waals surface area contributed by atoms with Gasteiger partial charge in [-0.1, -0.05) is 0 Å². The zero-order valence-electron chi connectivity index (χ0n) is 7.99. The molecule has 0 saturated carbocycles. The molecule has 0 aliphatic heterocycles. The number of carbonyl (C=O) groups is 1. The topological polar surface area (TPSA) is 65.2 Å². The maximum Gasteiger partial charge on any atom is 0.339 e. The Morgan fingerprint density at radius 2 is 2.43 bits per heavy atom. The predicted molar refractivity (Wildman–Crippen MR) is 50.8 cm³/mol. The van der Waals surface area contributed by atoms with Crippen molar-refractivity contribution >= 4 is 5.97 Å². The van der Waals surface area contributed by atoms with Gasteiger partial charge >= 0.3 is 5.97 Å². The van der Waals surface area contributed by atoms with Gasteiger partial charge < -0.3 is 10.5 Å². The molecule has 0 radical (unpaired) electrons. The Balaban J connectivity index is 2.52. The quantitative estimate of drug-likeness (QED) is 0.669. The number of nitrogens with zero attached hydrogens (tertiary/aromatic N) is 1. The summed E-state index contributed by atoms with van der Waals surface area (Å²) in [4.78, 5) is 15.4. The Kier molecular flexibility index (Phi) is 2.21. The summed E-state index contributed by atoms with van der Waals surface area (Å²) < 4.78 is 4.68. The van der Waals surface area contributed by atoms with E-state index in [1.54, 1.807) is 6.20 Å². The van der Waals surface area contributed by atoms with Crippen molar-refractivity contribution in [3.8, 4) is 0 Å². The summed E-state index contributed by atoms with van der Waals surface area (Å²) in [5.74, 6) is -0.355. The Morgan fingerprint density at radius 1 is 1.64 bits per heavy atom. The van der Waals surface area contributed by atoms with E-state index in [1.165, 1.54) is 13.3 Å². The highest BCUT2D eigenvalue weighted by Gasteiger charge is 2.25. The molecular formula is C10H12N2O2. The maximum absolute atomic E-state index is 11.4. The molecule has 1 aliphatic rings. The number of rotatable bonds is 1. The van der Waals surface area contributed by atoms with Crippen molar-refractivity contribution in [2.24, 2.45) is 5.73 Å². The minimum Gasteiger partial charge on any atom is -0.465 e. The first-order valence-corrected chi connectivity index (χ1v) is 4.54. The molecule has 0 bridgehead atoms. The first-order chi connectivity index (χ1) is 6.74. The minimum absolute atomic E-state index is 0.0536. The second kappa shape index (κ2) is 3.38. The van der Waals surface area contributed by atoms with Gasteiger partial charge in [-0.25, -0.2) is 4.79 Å². The average Bonchev–Trinajstić information content (AvgIpc) is 2.59. The largest absolute Gasteiger partial charge is 0.465 e. The van der Waals surface area contributed by atoms with Crippen LogP contribution in [0, 0.1) is 0 Å². The van der Waals surface area contributed by atoms with Gasteiger partial charge in [0.1, 0.15) is 0 Å². The summed E-state index contributed by atoms with van der Waals surface area (Å²) in [6.45, 7) is 0. The van der Waals surface area contributed by atoms with E-state index in [0.717, 1.165) is 24.0 Å². The van der Waals surface area contributed by atoms with Gasteiger partial charge in [0.2, 0.25) is 0 Å². The van der Waals surface area contributed by atoms with Gasteiger partial charge in [-0.15, -0.1) is 0 Å². The Labute approximate surface area is 82.1 Å². The Hall–Kier alpha value is -1.42. The van der Waals surface area contributed by atoms with E-state index in [1.807, 2.05) is 0 Å². The van der Waals surface area contributed by atoms with E-state index in [4.69, 9.17) is 5.73 Å². The molecule has 4 nitrogen and oxygen atoms in total. The molecule has 0 fully saturated rings. The van der Waals surface area contributed by atoms with Crippen molar-refractivity contribution in [1.29, 1.82) is 0 Å². The lowest BCUT2D eigenvalue weighted by Crippen LogP contribution is -2.13. The predicted octanol–water partition coefficient (Wildman–Crippen LogP) is 0.814. The lowest BCUT2D eigenvalue weighted by Gasteiger charge is -2.09. The minimum atomic E-state index is -0.355. The standard InChI is InChI=1S/C10H12N2O2/c1-14-10(13)7-5-12-4-6-2-3-8(11)9(6)7/h4-5,8H,2-3,11H2,1H3. The van der Waals surface area contributed by atoms with E-state index in [0.29, 0.717) is 5.56 Å². The molecule has 0 aromatic carbocycles. The number of nitrogens with two attached hydrogens (primary N) is 1. The fourth-order valence-corrected chi connectivity index (χ4v) is 1.88. The van der Waals surface area contributed by atoms with Crippen molar-refractivity contribution in [1.82, 2.24) is 4.98 Å². The number of hydrogen-bond acceptors (Lipinski definition) is 4. The zero-order valence-corrected chi connectivity index (χ0v) is 7.99. The van der Waals surface area contributed by atoms with E-state index in [2.05, 4.69) is 9.72 Å². The third kappa shape index (κ3) is 1.28. The number of carbonyl (C=O) groups excluding carboxylic acids is 1. The molecule has 14 heavy (non-hydrogen) atoms. The van der Waals surface area contributed by atoms with Crippen molar-refractivity contribution in [2.75, 3.05) is 7.11 Å². The van der Waals surface area contributed by atoms with Crippen LogP contribution >= 0.6 is 0 Å². The Bertz CT molecular complexity index is 376. The molecule has 1 unspecified atom stereocenters. The third-order valence-electron chi connectivity index (χ3n) is 2.57. The fraction of sp³-hybridized carbons (Fsp3) is 0.400. The van der Waals surface area contributed by atoms with E-state index in [9.17, 15) is 4.79 Å². The summed E-state index contributed by atoms with van der Waals surface area (Å²) in [6, 6.07) is -0.0536. The highest BCUT2D eigenvalue weighted by atomic mass is 16.5. The number of aromatic nitrogens is 1. The molecule has 1 aliphatic carbocycles. The molecule has 0 spiro atoms. The van der Waals surface area contributed by atoms with Crippen LogP contribution in [0.3, 0.4) is 0 Å². The van der Waals surface area contributed by atoms with Crippen LogP contribution in [0.4, 0.5) is 0 Å². The molecule has 74 valence electrons. The van der Waals surface area contributed by atoms with E-state index < -0.39 is 0 Å². The number of aryl methyl sites for hydroxylation is 1. The molecule has 1 heterocycles. The zero-order chi connectivity index (χ0) is 10.1. The number of fused-ring (bicyclic) bond motifs is 1. The number of methoxy groups -OCH3 is 1. The molecule has 1 atom stereocenters. The number of esters is 1. The van der Waals surface area contributed by atoms with Crippen LogP contribution in [0.15, 0.2) is 12.4 Å². The molecular weight excluding hydrogens is 180 g/mol. The third-order valence-corrected chi connectivity index (χ3v) is 2.57. The van der Waals surface area contributed by atoms with Gasteiger partial charge in [-0.2, -0.15) is 0 Å². The normalized spacial score (nSPS) is 19.1. The van der Waals surface area contributed by atoms with Gasteiger partial charge in [0.25, 0.3) is 0 Å². The molecule has 2 rings (SSSR count). The number of ether oxygens (including phenoxy) is 1. The van der Waals surface area contributed by atoms with Crippen molar-refractivity contribution in [3.05, 3.63) is 29.1 Å². The lowest BCUT2D eigenvalue weighted by atomic mass is 10.0. The molecule has 1 aromatic heterocycles. The monoisotopic (exact) mass is 192 g/mol. The molecule has 0 saturated heterocycles. The van der Waals surface area contributed by atoms with Gasteiger partial charge in [0, 0.05) is 18.4 Å². The first-order valence-electron chi connectivity index (χ1n) is 4.54. The van der Waals surface area contributed by atoms with Gasteiger partial charge in [0.05, 0.1) is 12.7 Å². The smallest absolute Gasteiger partial charge is 0.339 e. The van der Waals surface area contributed by atoms with Crippen LogP contribution in [0.2, 0.25) is 0 Å². The summed E-state index contributed by atoms with van der Waals surface area (Å²) in [5, 5.41) is 0. The molecule has 0 amide bonds. The summed E-state index contributed by atoms with van der Waals surface area (Å²) in [5.41, 5.74) is 8.39. The highest BCUT2D eigenvalue weighted by molar-refractivity contribution is 5.91. The van der Waals surface area contributed by atoms with Gasteiger partial charge in [-0.05, 0) is 24.0 Å². The second-order valence-electron chi connectivity index (χ2n) is 3.40. The van der Waals surface area contributed by atoms with Gasteiger partial charge in [0.15, 0.2) is 0 Å². The van der Waals surface area contributed by atoms with Crippen LogP contribution in [-0.2, 0) is 11.2 Å². The summed E-state index contributed by atoms with van der Waals surface area (Å²) >= 11 is 0. The second-order valence-corrected chi connectivity index (χ2v) is 3.40. The molecule has 1 aromatic rings. The van der Waals surface area contributed by atoms with Crippen LogP contribution in [0.25, 0.3) is 0 Å². The van der Waals surface area contributed by atoms with Crippen LogP contribution in [0.5, 0.6) is 0 Å². The molecule has 4 heteroatoms. The maximum atomic E-state index is 11.4. The summed E-state index contributed by atoms with van der Waals surface area (Å²) in [6.07, 6.45) is 5.07. The fourth-order valence-electron chi connectivity index (χ4n) is 1.88. The highest BCUT2D eigenvalue weighted by Crippen LogP contribution is 2.31. The van der Waals surface area contributed by atoms with Gasteiger partial charge in [-0.3, -0.25) is 4.98 Å². The first kappa shape index (κ1) is 9.15.